The molecule has 1 atom stereocenters. The molecule has 1 N–H and O–H groups in total. The van der Waals surface area contributed by atoms with Crippen LogP contribution < -0.4 is 5.32 Å². The van der Waals surface area contributed by atoms with E-state index in [9.17, 15) is 9.59 Å². The molecule has 26 heavy (non-hydrogen) atoms. The van der Waals surface area contributed by atoms with Gasteiger partial charge >= 0.3 is 5.97 Å². The van der Waals surface area contributed by atoms with Gasteiger partial charge in [0.25, 0.3) is 5.91 Å². The summed E-state index contributed by atoms with van der Waals surface area (Å²) < 4.78 is 7.23. The van der Waals surface area contributed by atoms with Gasteiger partial charge in [0.15, 0.2) is 6.61 Å². The Morgan fingerprint density at radius 1 is 1.15 bits per heavy atom. The molecule has 0 fully saturated rings. The number of hydrogen-bond acceptors (Lipinski definition) is 3. The quantitative estimate of drug-likeness (QED) is 0.769. The second kappa shape index (κ2) is 8.70. The van der Waals surface area contributed by atoms with Crippen molar-refractivity contribution in [1.29, 1.82) is 0 Å². The number of aromatic nitrogens is 1. The summed E-state index contributed by atoms with van der Waals surface area (Å²) in [5, 5.41) is 2.86. The van der Waals surface area contributed by atoms with Crippen molar-refractivity contribution in [3.8, 4) is 0 Å². The Labute approximate surface area is 155 Å². The van der Waals surface area contributed by atoms with Crippen LogP contribution in [0.1, 0.15) is 59.7 Å². The van der Waals surface area contributed by atoms with E-state index in [-0.39, 0.29) is 18.6 Å². The molecule has 0 radical (unpaired) electrons. The van der Waals surface area contributed by atoms with Gasteiger partial charge in [-0.25, -0.2) is 4.79 Å². The highest BCUT2D eigenvalue weighted by Crippen LogP contribution is 2.16. The fraction of sp³-hybridized carbons (Fsp3) is 0.429. The summed E-state index contributed by atoms with van der Waals surface area (Å²) in [5.74, 6) is -0.775. The first-order valence-corrected chi connectivity index (χ1v) is 9.09. The number of nitrogens with one attached hydrogen (secondary N) is 1. The molecule has 1 aromatic carbocycles. The molecule has 0 aliphatic rings. The predicted octanol–water partition coefficient (Wildman–Crippen LogP) is 3.72. The van der Waals surface area contributed by atoms with Gasteiger partial charge in [-0.15, -0.1) is 0 Å². The number of esters is 1. The van der Waals surface area contributed by atoms with E-state index >= 15 is 0 Å². The molecule has 0 saturated heterocycles. The van der Waals surface area contributed by atoms with Gasteiger partial charge in [-0.2, -0.15) is 0 Å². The predicted molar refractivity (Wildman–Crippen MR) is 102 cm³/mol. The molecule has 2 aromatic rings. The molecular formula is C21H28N2O3. The summed E-state index contributed by atoms with van der Waals surface area (Å²) in [6, 6.07) is 9.79. The van der Waals surface area contributed by atoms with Crippen molar-refractivity contribution in [2.24, 2.45) is 0 Å². The molecule has 2 rings (SSSR count). The molecule has 140 valence electrons. The Hall–Kier alpha value is -2.56. The maximum Gasteiger partial charge on any atom is 0.340 e. The highest BCUT2D eigenvalue weighted by atomic mass is 16.5. The average Bonchev–Trinajstić information content (AvgIpc) is 2.93. The number of carbonyl (C=O) groups is 2. The third-order valence-corrected chi connectivity index (χ3v) is 4.71. The molecule has 0 aliphatic heterocycles. The van der Waals surface area contributed by atoms with Gasteiger partial charge in [0, 0.05) is 17.9 Å². The maximum atomic E-state index is 12.3. The van der Waals surface area contributed by atoms with Gasteiger partial charge in [-0.3, -0.25) is 4.79 Å². The zero-order valence-electron chi connectivity index (χ0n) is 16.3. The molecule has 5 heteroatoms. The number of hydrogen-bond donors (Lipinski definition) is 1. The van der Waals surface area contributed by atoms with Gasteiger partial charge in [0.2, 0.25) is 0 Å². The smallest absolute Gasteiger partial charge is 0.340 e. The number of nitrogens with zero attached hydrogens (tertiary/aromatic N) is 1. The molecule has 5 nitrogen and oxygen atoms in total. The van der Waals surface area contributed by atoms with Crippen LogP contribution in [-0.4, -0.2) is 23.1 Å². The van der Waals surface area contributed by atoms with Crippen LogP contribution in [0.15, 0.2) is 30.3 Å². The van der Waals surface area contributed by atoms with E-state index in [1.807, 2.05) is 44.4 Å². The number of ether oxygens (including phenoxy) is 1. The average molecular weight is 356 g/mol. The van der Waals surface area contributed by atoms with Gasteiger partial charge < -0.3 is 14.6 Å². The van der Waals surface area contributed by atoms with Crippen LogP contribution in [0.25, 0.3) is 0 Å². The summed E-state index contributed by atoms with van der Waals surface area (Å²) in [7, 11) is 0. The van der Waals surface area contributed by atoms with Crippen molar-refractivity contribution >= 4 is 11.9 Å². The Morgan fingerprint density at radius 3 is 2.35 bits per heavy atom. The Bertz CT molecular complexity index is 775. The fourth-order valence-corrected chi connectivity index (χ4v) is 3.11. The lowest BCUT2D eigenvalue weighted by Gasteiger charge is -2.15. The Morgan fingerprint density at radius 2 is 1.81 bits per heavy atom. The number of aryl methyl sites for hydroxylation is 2. The van der Waals surface area contributed by atoms with Crippen molar-refractivity contribution in [3.05, 3.63) is 58.4 Å². The highest BCUT2D eigenvalue weighted by Gasteiger charge is 2.18. The van der Waals surface area contributed by atoms with Crippen LogP contribution in [0.2, 0.25) is 0 Å². The lowest BCUT2D eigenvalue weighted by molar-refractivity contribution is -0.124. The molecule has 0 saturated carbocycles. The standard InChI is InChI=1S/C21H28N2O3/c1-6-17-8-10-18(11-9-17)15(4)22-20(24)13-26-21(25)19-12-14(3)23(7-2)16(19)5/h8-12,15H,6-7,13H2,1-5H3,(H,22,24). The summed E-state index contributed by atoms with van der Waals surface area (Å²) in [4.78, 5) is 24.4. The fourth-order valence-electron chi connectivity index (χ4n) is 3.11. The van der Waals surface area contributed by atoms with Gasteiger partial charge in [0.05, 0.1) is 11.6 Å². The molecule has 0 bridgehead atoms. The Kier molecular flexibility index (Phi) is 6.61. The van der Waals surface area contributed by atoms with Crippen molar-refractivity contribution in [3.63, 3.8) is 0 Å². The van der Waals surface area contributed by atoms with Crippen molar-refractivity contribution in [2.45, 2.75) is 53.6 Å². The van der Waals surface area contributed by atoms with Crippen LogP contribution in [-0.2, 0) is 22.5 Å². The minimum Gasteiger partial charge on any atom is -0.452 e. The number of rotatable bonds is 7. The topological polar surface area (TPSA) is 60.3 Å². The van der Waals surface area contributed by atoms with Crippen LogP contribution in [0.4, 0.5) is 0 Å². The highest BCUT2D eigenvalue weighted by molar-refractivity contribution is 5.92. The summed E-state index contributed by atoms with van der Waals surface area (Å²) in [5.41, 5.74) is 4.66. The lowest BCUT2D eigenvalue weighted by atomic mass is 10.1. The molecular weight excluding hydrogens is 328 g/mol. The lowest BCUT2D eigenvalue weighted by Crippen LogP contribution is -2.31. The van der Waals surface area contributed by atoms with Crippen LogP contribution >= 0.6 is 0 Å². The second-order valence-electron chi connectivity index (χ2n) is 6.49. The minimum absolute atomic E-state index is 0.141. The molecule has 1 aromatic heterocycles. The van der Waals surface area contributed by atoms with Crippen LogP contribution in [0, 0.1) is 13.8 Å². The molecule has 0 spiro atoms. The monoisotopic (exact) mass is 356 g/mol. The van der Waals surface area contributed by atoms with E-state index in [4.69, 9.17) is 4.74 Å². The van der Waals surface area contributed by atoms with Crippen LogP contribution in [0.5, 0.6) is 0 Å². The Balaban J connectivity index is 1.90. The molecule has 1 heterocycles. The zero-order chi connectivity index (χ0) is 19.3. The van der Waals surface area contributed by atoms with E-state index in [1.165, 1.54) is 5.56 Å². The third-order valence-electron chi connectivity index (χ3n) is 4.71. The van der Waals surface area contributed by atoms with E-state index < -0.39 is 5.97 Å². The number of amides is 1. The first-order valence-electron chi connectivity index (χ1n) is 9.09. The number of carbonyl (C=O) groups excluding carboxylic acids is 2. The second-order valence-corrected chi connectivity index (χ2v) is 6.49. The third kappa shape index (κ3) is 4.54. The van der Waals surface area contributed by atoms with Gasteiger partial charge in [-0.1, -0.05) is 31.2 Å². The SMILES string of the molecule is CCc1ccc(C(C)NC(=O)COC(=O)c2cc(C)n(CC)c2C)cc1. The first-order chi connectivity index (χ1) is 12.4. The molecule has 0 aliphatic carbocycles. The van der Waals surface area contributed by atoms with Gasteiger partial charge in [0.1, 0.15) is 0 Å². The van der Waals surface area contributed by atoms with E-state index in [0.29, 0.717) is 5.56 Å². The van der Waals surface area contributed by atoms with Gasteiger partial charge in [-0.05, 0) is 51.3 Å². The van der Waals surface area contributed by atoms with E-state index in [0.717, 1.165) is 29.9 Å². The summed E-state index contributed by atoms with van der Waals surface area (Å²) in [6.07, 6.45) is 0.982. The van der Waals surface area contributed by atoms with Crippen LogP contribution in [0.3, 0.4) is 0 Å². The maximum absolute atomic E-state index is 12.3. The van der Waals surface area contributed by atoms with E-state index in [2.05, 4.69) is 24.4 Å². The summed E-state index contributed by atoms with van der Waals surface area (Å²) >= 11 is 0. The minimum atomic E-state index is -0.465. The zero-order valence-corrected chi connectivity index (χ0v) is 16.3. The number of benzene rings is 1. The van der Waals surface area contributed by atoms with Crippen molar-refractivity contribution < 1.29 is 14.3 Å². The largest absolute Gasteiger partial charge is 0.452 e. The van der Waals surface area contributed by atoms with Crippen molar-refractivity contribution in [2.75, 3.05) is 6.61 Å². The van der Waals surface area contributed by atoms with Crippen molar-refractivity contribution in [1.82, 2.24) is 9.88 Å². The summed E-state index contributed by atoms with van der Waals surface area (Å²) in [6.45, 7) is 10.4. The normalized spacial score (nSPS) is 11.9. The molecule has 1 amide bonds. The first kappa shape index (κ1) is 19.8. The molecule has 1 unspecified atom stereocenters. The van der Waals surface area contributed by atoms with E-state index in [1.54, 1.807) is 6.07 Å².